The Balaban J connectivity index is 2.18. The highest BCUT2D eigenvalue weighted by Crippen LogP contribution is 2.19. The summed E-state index contributed by atoms with van der Waals surface area (Å²) in [6.45, 7) is 2.67. The minimum atomic E-state index is -0.193. The Bertz CT molecular complexity index is 535. The molecule has 0 unspecified atom stereocenters. The first-order chi connectivity index (χ1) is 8.56. The number of nitrogens with zero attached hydrogens (tertiary/aromatic N) is 1. The molecule has 0 saturated carbocycles. The molecule has 18 heavy (non-hydrogen) atoms. The van der Waals surface area contributed by atoms with Gasteiger partial charge in [0.2, 0.25) is 0 Å². The van der Waals surface area contributed by atoms with Crippen molar-refractivity contribution in [3.63, 3.8) is 0 Å². The molecule has 3 heteroatoms. The first-order valence-corrected chi connectivity index (χ1v) is 5.88. The average molecular weight is 244 g/mol. The van der Waals surface area contributed by atoms with Crippen molar-refractivity contribution in [2.45, 2.75) is 13.5 Å². The first-order valence-electron chi connectivity index (χ1n) is 5.88. The molecule has 2 rings (SSSR count). The molecule has 0 aliphatic rings. The lowest BCUT2D eigenvalue weighted by atomic mass is 10.1. The highest BCUT2D eigenvalue weighted by atomic mass is 19.1. The van der Waals surface area contributed by atoms with Crippen molar-refractivity contribution in [1.82, 2.24) is 0 Å². The summed E-state index contributed by atoms with van der Waals surface area (Å²) in [4.78, 5) is 2.07. The van der Waals surface area contributed by atoms with Gasteiger partial charge in [-0.15, -0.1) is 0 Å². The Kier molecular flexibility index (Phi) is 3.51. The Morgan fingerprint density at radius 3 is 2.44 bits per heavy atom. The van der Waals surface area contributed by atoms with Gasteiger partial charge in [-0.2, -0.15) is 0 Å². The number of anilines is 2. The number of nitrogen functional groups attached to an aromatic ring is 1. The van der Waals surface area contributed by atoms with Gasteiger partial charge in [0.25, 0.3) is 0 Å². The van der Waals surface area contributed by atoms with Gasteiger partial charge < -0.3 is 10.6 Å². The van der Waals surface area contributed by atoms with E-state index < -0.39 is 0 Å². The van der Waals surface area contributed by atoms with Crippen molar-refractivity contribution in [2.75, 3.05) is 17.7 Å². The van der Waals surface area contributed by atoms with Gasteiger partial charge in [-0.1, -0.05) is 6.07 Å². The third-order valence-electron chi connectivity index (χ3n) is 3.05. The smallest absolute Gasteiger partial charge is 0.123 e. The largest absolute Gasteiger partial charge is 0.399 e. The Morgan fingerprint density at radius 1 is 1.11 bits per heavy atom. The van der Waals surface area contributed by atoms with E-state index in [2.05, 4.69) is 4.90 Å². The van der Waals surface area contributed by atoms with Crippen molar-refractivity contribution in [2.24, 2.45) is 0 Å². The lowest BCUT2D eigenvalue weighted by Crippen LogP contribution is -2.17. The molecule has 0 spiro atoms. The van der Waals surface area contributed by atoms with Crippen molar-refractivity contribution in [1.29, 1.82) is 0 Å². The molecule has 0 radical (unpaired) electrons. The van der Waals surface area contributed by atoms with Crippen LogP contribution in [0, 0.1) is 12.7 Å². The highest BCUT2D eigenvalue weighted by molar-refractivity contribution is 5.53. The topological polar surface area (TPSA) is 29.3 Å². The minimum absolute atomic E-state index is 0.193. The summed E-state index contributed by atoms with van der Waals surface area (Å²) in [5.41, 5.74) is 9.55. The quantitative estimate of drug-likeness (QED) is 0.839. The fraction of sp³-hybridized carbons (Fsp3) is 0.200. The molecular formula is C15H17FN2. The fourth-order valence-electron chi connectivity index (χ4n) is 1.89. The van der Waals surface area contributed by atoms with Crippen LogP contribution in [0.2, 0.25) is 0 Å². The van der Waals surface area contributed by atoms with Crippen LogP contribution in [-0.2, 0) is 6.54 Å². The second-order valence-corrected chi connectivity index (χ2v) is 4.52. The molecule has 0 aliphatic carbocycles. The van der Waals surface area contributed by atoms with Crippen LogP contribution in [0.3, 0.4) is 0 Å². The second kappa shape index (κ2) is 5.08. The molecule has 0 fully saturated rings. The molecule has 0 saturated heterocycles. The van der Waals surface area contributed by atoms with E-state index in [1.807, 2.05) is 44.3 Å². The third-order valence-corrected chi connectivity index (χ3v) is 3.05. The first kappa shape index (κ1) is 12.4. The van der Waals surface area contributed by atoms with E-state index >= 15 is 0 Å². The number of benzene rings is 2. The molecule has 2 N–H and O–H groups in total. The van der Waals surface area contributed by atoms with Crippen molar-refractivity contribution in [3.8, 4) is 0 Å². The zero-order chi connectivity index (χ0) is 13.1. The van der Waals surface area contributed by atoms with Gasteiger partial charge in [0.1, 0.15) is 5.82 Å². The molecule has 2 aromatic carbocycles. The molecule has 2 aromatic rings. The van der Waals surface area contributed by atoms with Crippen LogP contribution in [0.1, 0.15) is 11.1 Å². The minimum Gasteiger partial charge on any atom is -0.399 e. The predicted molar refractivity (Wildman–Crippen MR) is 74.1 cm³/mol. The molecule has 0 amide bonds. The van der Waals surface area contributed by atoms with Crippen molar-refractivity contribution < 1.29 is 4.39 Å². The number of aryl methyl sites for hydroxylation is 1. The average Bonchev–Trinajstić information content (AvgIpc) is 2.34. The third kappa shape index (κ3) is 2.80. The summed E-state index contributed by atoms with van der Waals surface area (Å²) in [5.74, 6) is -0.193. The van der Waals surface area contributed by atoms with E-state index in [-0.39, 0.29) is 5.82 Å². The second-order valence-electron chi connectivity index (χ2n) is 4.52. The number of nitrogens with two attached hydrogens (primary N) is 1. The van der Waals surface area contributed by atoms with Crippen LogP contribution in [-0.4, -0.2) is 7.05 Å². The van der Waals surface area contributed by atoms with E-state index in [0.29, 0.717) is 6.54 Å². The van der Waals surface area contributed by atoms with E-state index in [1.165, 1.54) is 6.07 Å². The van der Waals surface area contributed by atoms with E-state index in [4.69, 9.17) is 5.73 Å². The van der Waals surface area contributed by atoms with E-state index in [9.17, 15) is 4.39 Å². The maximum absolute atomic E-state index is 13.2. The molecular weight excluding hydrogens is 227 g/mol. The van der Waals surface area contributed by atoms with Gasteiger partial charge in [0.15, 0.2) is 0 Å². The standard InChI is InChI=1S/C15H17FN2/c1-11-3-4-13(16)9-12(11)10-18(2)15-7-5-14(17)6-8-15/h3-9H,10,17H2,1-2H3. The lowest BCUT2D eigenvalue weighted by Gasteiger charge is -2.20. The van der Waals surface area contributed by atoms with Crippen molar-refractivity contribution >= 4 is 11.4 Å². The lowest BCUT2D eigenvalue weighted by molar-refractivity contribution is 0.624. The van der Waals surface area contributed by atoms with Gasteiger partial charge >= 0.3 is 0 Å². The van der Waals surface area contributed by atoms with Crippen LogP contribution in [0.4, 0.5) is 15.8 Å². The van der Waals surface area contributed by atoms with Gasteiger partial charge in [0, 0.05) is 25.0 Å². The Morgan fingerprint density at radius 2 is 1.78 bits per heavy atom. The van der Waals surface area contributed by atoms with E-state index in [0.717, 1.165) is 22.5 Å². The number of rotatable bonds is 3. The van der Waals surface area contributed by atoms with Crippen LogP contribution in [0.5, 0.6) is 0 Å². The molecule has 0 aliphatic heterocycles. The van der Waals surface area contributed by atoms with Crippen LogP contribution >= 0.6 is 0 Å². The number of hydrogen-bond acceptors (Lipinski definition) is 2. The summed E-state index contributed by atoms with van der Waals surface area (Å²) in [6, 6.07) is 12.5. The maximum atomic E-state index is 13.2. The summed E-state index contributed by atoms with van der Waals surface area (Å²) in [5, 5.41) is 0. The maximum Gasteiger partial charge on any atom is 0.123 e. The zero-order valence-corrected chi connectivity index (χ0v) is 10.7. The normalized spacial score (nSPS) is 10.4. The van der Waals surface area contributed by atoms with Crippen LogP contribution in [0.15, 0.2) is 42.5 Å². The molecule has 0 aromatic heterocycles. The molecule has 0 bridgehead atoms. The molecule has 0 heterocycles. The van der Waals surface area contributed by atoms with Gasteiger partial charge in [-0.3, -0.25) is 0 Å². The van der Waals surface area contributed by atoms with Gasteiger partial charge in [0.05, 0.1) is 0 Å². The summed E-state index contributed by atoms with van der Waals surface area (Å²) in [6.07, 6.45) is 0. The zero-order valence-electron chi connectivity index (χ0n) is 10.7. The number of hydrogen-bond donors (Lipinski definition) is 1. The summed E-state index contributed by atoms with van der Waals surface area (Å²) >= 11 is 0. The monoisotopic (exact) mass is 244 g/mol. The predicted octanol–water partition coefficient (Wildman–Crippen LogP) is 3.35. The van der Waals surface area contributed by atoms with E-state index in [1.54, 1.807) is 6.07 Å². The fourth-order valence-corrected chi connectivity index (χ4v) is 1.89. The number of halogens is 1. The van der Waals surface area contributed by atoms with Crippen LogP contribution in [0.25, 0.3) is 0 Å². The Hall–Kier alpha value is -2.03. The van der Waals surface area contributed by atoms with Crippen LogP contribution < -0.4 is 10.6 Å². The summed E-state index contributed by atoms with van der Waals surface area (Å²) < 4.78 is 13.2. The molecule has 2 nitrogen and oxygen atoms in total. The van der Waals surface area contributed by atoms with Crippen molar-refractivity contribution in [3.05, 3.63) is 59.4 Å². The summed E-state index contributed by atoms with van der Waals surface area (Å²) in [7, 11) is 1.98. The van der Waals surface area contributed by atoms with Gasteiger partial charge in [-0.05, 0) is 54.4 Å². The molecule has 94 valence electrons. The Labute approximate surface area is 107 Å². The highest BCUT2D eigenvalue weighted by Gasteiger charge is 2.05. The van der Waals surface area contributed by atoms with Gasteiger partial charge in [-0.25, -0.2) is 4.39 Å². The molecule has 0 atom stereocenters. The SMILES string of the molecule is Cc1ccc(F)cc1CN(C)c1ccc(N)cc1.